The summed E-state index contributed by atoms with van der Waals surface area (Å²) in [5.74, 6) is 0.0821. The van der Waals surface area contributed by atoms with Crippen LogP contribution in [0.15, 0.2) is 54.6 Å². The largest absolute Gasteiger partial charge is 0.336 e. The predicted molar refractivity (Wildman–Crippen MR) is 112 cm³/mol. The molecule has 0 aromatic heterocycles. The van der Waals surface area contributed by atoms with Crippen LogP contribution in [0.3, 0.4) is 0 Å². The minimum absolute atomic E-state index is 0.0236. The number of rotatable bonds is 7. The number of anilines is 1. The van der Waals surface area contributed by atoms with Crippen LogP contribution in [0, 0.1) is 0 Å². The Hall–Kier alpha value is -2.66. The lowest BCUT2D eigenvalue weighted by Gasteiger charge is -2.34. The molecule has 0 unspecified atom stereocenters. The molecule has 0 atom stereocenters. The van der Waals surface area contributed by atoms with Gasteiger partial charge >= 0.3 is 0 Å². The van der Waals surface area contributed by atoms with E-state index < -0.39 is 0 Å². The van der Waals surface area contributed by atoms with Crippen molar-refractivity contribution < 1.29 is 9.59 Å². The number of hydrogen-bond donors (Lipinski definition) is 1. The van der Waals surface area contributed by atoms with Gasteiger partial charge in [0.1, 0.15) is 0 Å². The lowest BCUT2D eigenvalue weighted by molar-refractivity contribution is -0.116. The molecule has 1 N–H and O–H groups in total. The van der Waals surface area contributed by atoms with Crippen molar-refractivity contribution in [1.82, 2.24) is 9.80 Å². The molecular formula is C23H29N3O2. The number of unbranched alkanes of at least 4 members (excludes halogenated alkanes) is 1. The lowest BCUT2D eigenvalue weighted by Crippen LogP contribution is -2.48. The Morgan fingerprint density at radius 1 is 0.929 bits per heavy atom. The van der Waals surface area contributed by atoms with Crippen LogP contribution in [0.2, 0.25) is 0 Å². The van der Waals surface area contributed by atoms with Gasteiger partial charge < -0.3 is 10.2 Å². The molecule has 28 heavy (non-hydrogen) atoms. The van der Waals surface area contributed by atoms with E-state index in [4.69, 9.17) is 0 Å². The third-order valence-electron chi connectivity index (χ3n) is 5.08. The fourth-order valence-electron chi connectivity index (χ4n) is 3.39. The molecule has 3 rings (SSSR count). The maximum atomic E-state index is 12.8. The first-order valence-electron chi connectivity index (χ1n) is 10.1. The molecule has 5 heteroatoms. The first-order chi connectivity index (χ1) is 13.7. The van der Waals surface area contributed by atoms with Gasteiger partial charge in [0.25, 0.3) is 5.91 Å². The Kier molecular flexibility index (Phi) is 7.20. The minimum Gasteiger partial charge on any atom is -0.336 e. The van der Waals surface area contributed by atoms with Crippen LogP contribution < -0.4 is 5.32 Å². The summed E-state index contributed by atoms with van der Waals surface area (Å²) in [5.41, 5.74) is 2.72. The summed E-state index contributed by atoms with van der Waals surface area (Å²) in [6.45, 7) is 6.23. The van der Waals surface area contributed by atoms with Crippen molar-refractivity contribution in [3.63, 3.8) is 0 Å². The van der Waals surface area contributed by atoms with E-state index in [1.165, 1.54) is 5.56 Å². The quantitative estimate of drug-likeness (QED) is 0.797. The lowest BCUT2D eigenvalue weighted by atomic mass is 10.1. The predicted octanol–water partition coefficient (Wildman–Crippen LogP) is 3.77. The fraction of sp³-hybridized carbons (Fsp3) is 0.391. The number of benzene rings is 2. The van der Waals surface area contributed by atoms with E-state index in [9.17, 15) is 9.59 Å². The molecular weight excluding hydrogens is 350 g/mol. The van der Waals surface area contributed by atoms with Crippen molar-refractivity contribution in [2.75, 3.05) is 31.5 Å². The van der Waals surface area contributed by atoms with Gasteiger partial charge in [-0.05, 0) is 36.2 Å². The second-order valence-electron chi connectivity index (χ2n) is 7.28. The number of nitrogens with zero attached hydrogens (tertiary/aromatic N) is 2. The molecule has 0 radical (unpaired) electrons. The van der Waals surface area contributed by atoms with Gasteiger partial charge in [-0.1, -0.05) is 43.7 Å². The molecule has 1 fully saturated rings. The molecule has 0 bridgehead atoms. The second-order valence-corrected chi connectivity index (χ2v) is 7.28. The molecule has 2 aromatic carbocycles. The molecule has 0 saturated carbocycles. The minimum atomic E-state index is 0.0236. The highest BCUT2D eigenvalue weighted by molar-refractivity contribution is 5.95. The van der Waals surface area contributed by atoms with Crippen LogP contribution in [0.1, 0.15) is 42.1 Å². The molecule has 2 aromatic rings. The third kappa shape index (κ3) is 5.67. The Labute approximate surface area is 167 Å². The van der Waals surface area contributed by atoms with Gasteiger partial charge in [-0.3, -0.25) is 14.5 Å². The Balaban J connectivity index is 1.48. The number of nitrogens with one attached hydrogen (secondary N) is 1. The average molecular weight is 380 g/mol. The van der Waals surface area contributed by atoms with E-state index >= 15 is 0 Å². The van der Waals surface area contributed by atoms with Gasteiger partial charge in [-0.15, -0.1) is 0 Å². The SMILES string of the molecule is CCCCC(=O)Nc1ccc(C(=O)N2CCN(Cc3ccccc3)CC2)cc1. The van der Waals surface area contributed by atoms with E-state index in [2.05, 4.69) is 41.4 Å². The van der Waals surface area contributed by atoms with E-state index in [0.29, 0.717) is 12.0 Å². The zero-order chi connectivity index (χ0) is 19.8. The van der Waals surface area contributed by atoms with Crippen molar-refractivity contribution in [3.05, 3.63) is 65.7 Å². The summed E-state index contributed by atoms with van der Waals surface area (Å²) in [4.78, 5) is 28.9. The van der Waals surface area contributed by atoms with Crippen molar-refractivity contribution >= 4 is 17.5 Å². The smallest absolute Gasteiger partial charge is 0.253 e. The van der Waals surface area contributed by atoms with E-state index in [1.807, 2.05) is 23.1 Å². The van der Waals surface area contributed by atoms with Crippen LogP contribution >= 0.6 is 0 Å². The molecule has 2 amide bonds. The molecule has 1 aliphatic rings. The summed E-state index contributed by atoms with van der Waals surface area (Å²) in [6.07, 6.45) is 2.42. The molecule has 0 aliphatic carbocycles. The van der Waals surface area contributed by atoms with Crippen LogP contribution in [0.25, 0.3) is 0 Å². The third-order valence-corrected chi connectivity index (χ3v) is 5.08. The summed E-state index contributed by atoms with van der Waals surface area (Å²) >= 11 is 0. The number of piperazine rings is 1. The molecule has 5 nitrogen and oxygen atoms in total. The molecule has 1 heterocycles. The Bertz CT molecular complexity index is 766. The molecule has 1 saturated heterocycles. The standard InChI is InChI=1S/C23H29N3O2/c1-2-3-9-22(27)24-21-12-10-20(11-13-21)23(28)26-16-14-25(15-17-26)18-19-7-5-4-6-8-19/h4-8,10-13H,2-3,9,14-18H2,1H3,(H,24,27). The van der Waals surface area contributed by atoms with E-state index in [-0.39, 0.29) is 11.8 Å². The maximum absolute atomic E-state index is 12.8. The van der Waals surface area contributed by atoms with Crippen LogP contribution in [-0.4, -0.2) is 47.8 Å². The number of carbonyl (C=O) groups is 2. The van der Waals surface area contributed by atoms with Crippen molar-refractivity contribution in [3.8, 4) is 0 Å². The van der Waals surface area contributed by atoms with Gasteiger partial charge in [0, 0.05) is 50.4 Å². The average Bonchev–Trinajstić information content (AvgIpc) is 2.73. The first kappa shape index (κ1) is 20.1. The Morgan fingerprint density at radius 3 is 2.25 bits per heavy atom. The maximum Gasteiger partial charge on any atom is 0.253 e. The highest BCUT2D eigenvalue weighted by Crippen LogP contribution is 2.15. The van der Waals surface area contributed by atoms with Gasteiger partial charge in [-0.2, -0.15) is 0 Å². The number of amides is 2. The summed E-state index contributed by atoms with van der Waals surface area (Å²) in [6, 6.07) is 17.6. The van der Waals surface area contributed by atoms with Crippen LogP contribution in [0.4, 0.5) is 5.69 Å². The zero-order valence-electron chi connectivity index (χ0n) is 16.6. The number of carbonyl (C=O) groups excluding carboxylic acids is 2. The highest BCUT2D eigenvalue weighted by Gasteiger charge is 2.22. The number of hydrogen-bond acceptors (Lipinski definition) is 3. The monoisotopic (exact) mass is 379 g/mol. The van der Waals surface area contributed by atoms with Crippen LogP contribution in [-0.2, 0) is 11.3 Å². The molecule has 148 valence electrons. The highest BCUT2D eigenvalue weighted by atomic mass is 16.2. The van der Waals surface area contributed by atoms with E-state index in [0.717, 1.165) is 51.3 Å². The Morgan fingerprint density at radius 2 is 1.61 bits per heavy atom. The van der Waals surface area contributed by atoms with Crippen LogP contribution in [0.5, 0.6) is 0 Å². The summed E-state index contributed by atoms with van der Waals surface area (Å²) in [5, 5.41) is 2.88. The van der Waals surface area contributed by atoms with Crippen molar-refractivity contribution in [2.24, 2.45) is 0 Å². The first-order valence-corrected chi connectivity index (χ1v) is 10.1. The van der Waals surface area contributed by atoms with E-state index in [1.54, 1.807) is 12.1 Å². The topological polar surface area (TPSA) is 52.7 Å². The van der Waals surface area contributed by atoms with Gasteiger partial charge in [-0.25, -0.2) is 0 Å². The zero-order valence-corrected chi connectivity index (χ0v) is 16.6. The van der Waals surface area contributed by atoms with Crippen molar-refractivity contribution in [1.29, 1.82) is 0 Å². The normalized spacial score (nSPS) is 14.7. The summed E-state index contributed by atoms with van der Waals surface area (Å²) < 4.78 is 0. The fourth-order valence-corrected chi connectivity index (χ4v) is 3.39. The summed E-state index contributed by atoms with van der Waals surface area (Å²) in [7, 11) is 0. The van der Waals surface area contributed by atoms with Gasteiger partial charge in [0.05, 0.1) is 0 Å². The van der Waals surface area contributed by atoms with Gasteiger partial charge in [0.15, 0.2) is 0 Å². The van der Waals surface area contributed by atoms with Gasteiger partial charge in [0.2, 0.25) is 5.91 Å². The molecule has 1 aliphatic heterocycles. The van der Waals surface area contributed by atoms with Crippen molar-refractivity contribution in [2.45, 2.75) is 32.7 Å². The molecule has 0 spiro atoms. The second kappa shape index (κ2) is 10.0.